The van der Waals surface area contributed by atoms with E-state index in [-0.39, 0.29) is 6.04 Å². The quantitative estimate of drug-likeness (QED) is 0.883. The second-order valence-electron chi connectivity index (χ2n) is 5.76. The van der Waals surface area contributed by atoms with Crippen molar-refractivity contribution in [2.75, 3.05) is 14.2 Å². The number of nitrogens with one attached hydrogen (secondary N) is 1. The Bertz CT molecular complexity index is 604. The maximum absolute atomic E-state index is 5.52. The van der Waals surface area contributed by atoms with Gasteiger partial charge in [0, 0.05) is 5.56 Å². The molecular formula is C19H23NO. The van der Waals surface area contributed by atoms with Crippen LogP contribution in [0.2, 0.25) is 0 Å². The topological polar surface area (TPSA) is 21.3 Å². The van der Waals surface area contributed by atoms with Gasteiger partial charge >= 0.3 is 0 Å². The van der Waals surface area contributed by atoms with Gasteiger partial charge in [0.2, 0.25) is 0 Å². The molecule has 2 nitrogen and oxygen atoms in total. The van der Waals surface area contributed by atoms with E-state index < -0.39 is 0 Å². The van der Waals surface area contributed by atoms with Gasteiger partial charge in [-0.05, 0) is 43.0 Å². The molecule has 0 spiro atoms. The highest BCUT2D eigenvalue weighted by atomic mass is 16.5. The first kappa shape index (κ1) is 14.2. The minimum atomic E-state index is 0.168. The number of benzene rings is 2. The highest BCUT2D eigenvalue weighted by Gasteiger charge is 2.21. The number of hydrogen-bond acceptors (Lipinski definition) is 2. The minimum absolute atomic E-state index is 0.168. The van der Waals surface area contributed by atoms with E-state index >= 15 is 0 Å². The second kappa shape index (κ2) is 6.31. The number of para-hydroxylation sites is 1. The van der Waals surface area contributed by atoms with Crippen LogP contribution in [-0.4, -0.2) is 14.2 Å². The van der Waals surface area contributed by atoms with Crippen LogP contribution in [0.25, 0.3) is 0 Å². The van der Waals surface area contributed by atoms with Crippen LogP contribution in [0.4, 0.5) is 0 Å². The molecule has 0 aliphatic heterocycles. The molecule has 2 aromatic rings. The number of rotatable bonds is 5. The number of ether oxygens (including phenoxy) is 1. The lowest BCUT2D eigenvalue weighted by Gasteiger charge is -2.27. The smallest absolute Gasteiger partial charge is 0.123 e. The molecular weight excluding hydrogens is 258 g/mol. The molecule has 1 fully saturated rings. The van der Waals surface area contributed by atoms with E-state index in [1.54, 1.807) is 7.11 Å². The average Bonchev–Trinajstić information content (AvgIpc) is 2.47. The van der Waals surface area contributed by atoms with E-state index in [0.29, 0.717) is 0 Å². The summed E-state index contributed by atoms with van der Waals surface area (Å²) in [5.74, 6) is 1.70. The van der Waals surface area contributed by atoms with Crippen LogP contribution < -0.4 is 10.1 Å². The lowest BCUT2D eigenvalue weighted by atomic mass is 9.79. The Morgan fingerprint density at radius 3 is 2.57 bits per heavy atom. The van der Waals surface area contributed by atoms with Gasteiger partial charge in [-0.25, -0.2) is 0 Å². The van der Waals surface area contributed by atoms with Gasteiger partial charge in [-0.3, -0.25) is 0 Å². The Morgan fingerprint density at radius 1 is 1.10 bits per heavy atom. The first-order valence-electron chi connectivity index (χ1n) is 7.73. The highest BCUT2D eigenvalue weighted by molar-refractivity contribution is 5.43. The Hall–Kier alpha value is -1.80. The van der Waals surface area contributed by atoms with E-state index in [2.05, 4.69) is 41.7 Å². The summed E-state index contributed by atoms with van der Waals surface area (Å²) in [6.45, 7) is 0. The van der Waals surface area contributed by atoms with Crippen molar-refractivity contribution >= 4 is 0 Å². The molecule has 0 radical (unpaired) electrons. The molecule has 1 atom stereocenters. The van der Waals surface area contributed by atoms with Crippen molar-refractivity contribution in [2.24, 2.45) is 0 Å². The zero-order chi connectivity index (χ0) is 14.7. The van der Waals surface area contributed by atoms with Gasteiger partial charge < -0.3 is 10.1 Å². The summed E-state index contributed by atoms with van der Waals surface area (Å²) >= 11 is 0. The van der Waals surface area contributed by atoms with Crippen molar-refractivity contribution in [1.29, 1.82) is 0 Å². The standard InChI is InChI=1S/C19H23NO/c1-20-19(17-11-3-4-12-18(17)21-2)16-10-6-9-15(13-16)14-7-5-8-14/h3-4,6,9-14,19-20H,5,7-8H2,1-2H3. The molecule has 2 heteroatoms. The molecule has 0 amide bonds. The van der Waals surface area contributed by atoms with Crippen LogP contribution in [-0.2, 0) is 0 Å². The summed E-state index contributed by atoms with van der Waals surface area (Å²) in [7, 11) is 3.74. The van der Waals surface area contributed by atoms with Crippen molar-refractivity contribution in [2.45, 2.75) is 31.2 Å². The molecule has 1 aliphatic rings. The molecule has 1 unspecified atom stereocenters. The normalized spacial score (nSPS) is 16.3. The largest absolute Gasteiger partial charge is 0.496 e. The van der Waals surface area contributed by atoms with Gasteiger partial charge in [0.1, 0.15) is 5.75 Å². The van der Waals surface area contributed by atoms with Crippen LogP contribution in [0, 0.1) is 0 Å². The minimum Gasteiger partial charge on any atom is -0.496 e. The molecule has 0 saturated heterocycles. The van der Waals surface area contributed by atoms with Crippen molar-refractivity contribution < 1.29 is 4.74 Å². The van der Waals surface area contributed by atoms with Gasteiger partial charge in [-0.2, -0.15) is 0 Å². The van der Waals surface area contributed by atoms with E-state index in [1.807, 2.05) is 19.2 Å². The molecule has 0 bridgehead atoms. The molecule has 1 aliphatic carbocycles. The van der Waals surface area contributed by atoms with Crippen LogP contribution in [0.3, 0.4) is 0 Å². The Morgan fingerprint density at radius 2 is 1.90 bits per heavy atom. The molecule has 1 saturated carbocycles. The van der Waals surface area contributed by atoms with E-state index in [0.717, 1.165) is 11.7 Å². The Balaban J connectivity index is 1.95. The van der Waals surface area contributed by atoms with Gasteiger partial charge in [-0.1, -0.05) is 48.9 Å². The third-order valence-electron chi connectivity index (χ3n) is 4.56. The molecule has 21 heavy (non-hydrogen) atoms. The Kier molecular flexibility index (Phi) is 4.26. The maximum atomic E-state index is 5.52. The molecule has 1 N–H and O–H groups in total. The van der Waals surface area contributed by atoms with Crippen LogP contribution >= 0.6 is 0 Å². The van der Waals surface area contributed by atoms with E-state index in [9.17, 15) is 0 Å². The predicted molar refractivity (Wildman–Crippen MR) is 86.9 cm³/mol. The van der Waals surface area contributed by atoms with Crippen molar-refractivity contribution in [3.8, 4) is 5.75 Å². The average molecular weight is 281 g/mol. The molecule has 0 heterocycles. The van der Waals surface area contributed by atoms with Crippen molar-refractivity contribution in [3.05, 3.63) is 65.2 Å². The van der Waals surface area contributed by atoms with E-state index in [4.69, 9.17) is 4.74 Å². The molecule has 3 rings (SSSR count). The summed E-state index contributed by atoms with van der Waals surface area (Å²) in [5.41, 5.74) is 3.98. The third-order valence-corrected chi connectivity index (χ3v) is 4.56. The zero-order valence-corrected chi connectivity index (χ0v) is 12.8. The summed E-state index contributed by atoms with van der Waals surface area (Å²) in [6, 6.07) is 17.4. The fourth-order valence-electron chi connectivity index (χ4n) is 3.14. The summed E-state index contributed by atoms with van der Waals surface area (Å²) < 4.78 is 5.52. The molecule has 0 aromatic heterocycles. The first-order chi connectivity index (χ1) is 10.3. The second-order valence-corrected chi connectivity index (χ2v) is 5.76. The number of methoxy groups -OCH3 is 1. The first-order valence-corrected chi connectivity index (χ1v) is 7.73. The lowest BCUT2D eigenvalue weighted by Crippen LogP contribution is -2.19. The Labute approximate surface area is 127 Å². The van der Waals surface area contributed by atoms with Crippen molar-refractivity contribution in [3.63, 3.8) is 0 Å². The monoisotopic (exact) mass is 281 g/mol. The maximum Gasteiger partial charge on any atom is 0.123 e. The summed E-state index contributed by atoms with van der Waals surface area (Å²) in [4.78, 5) is 0. The van der Waals surface area contributed by atoms with Gasteiger partial charge in [0.25, 0.3) is 0 Å². The van der Waals surface area contributed by atoms with Gasteiger partial charge in [0.05, 0.1) is 13.2 Å². The summed E-state index contributed by atoms with van der Waals surface area (Å²) in [6.07, 6.45) is 4.04. The third kappa shape index (κ3) is 2.81. The lowest BCUT2D eigenvalue weighted by molar-refractivity contribution is 0.405. The molecule has 110 valence electrons. The SMILES string of the molecule is CNC(c1cccc(C2CCC2)c1)c1ccccc1OC. The zero-order valence-electron chi connectivity index (χ0n) is 12.8. The fraction of sp³-hybridized carbons (Fsp3) is 0.368. The van der Waals surface area contributed by atoms with Gasteiger partial charge in [-0.15, -0.1) is 0 Å². The van der Waals surface area contributed by atoms with E-state index in [1.165, 1.54) is 36.0 Å². The van der Waals surface area contributed by atoms with Gasteiger partial charge in [0.15, 0.2) is 0 Å². The van der Waals surface area contributed by atoms with Crippen molar-refractivity contribution in [1.82, 2.24) is 5.32 Å². The highest BCUT2D eigenvalue weighted by Crippen LogP contribution is 2.38. The van der Waals surface area contributed by atoms with Crippen LogP contribution in [0.5, 0.6) is 5.75 Å². The number of hydrogen-bond donors (Lipinski definition) is 1. The molecule has 2 aromatic carbocycles. The fourth-order valence-corrected chi connectivity index (χ4v) is 3.14. The summed E-state index contributed by atoms with van der Waals surface area (Å²) in [5, 5.41) is 3.43. The van der Waals surface area contributed by atoms with Crippen LogP contribution in [0.1, 0.15) is 47.9 Å². The van der Waals surface area contributed by atoms with Crippen LogP contribution in [0.15, 0.2) is 48.5 Å². The predicted octanol–water partition coefficient (Wildman–Crippen LogP) is 4.27.